The summed E-state index contributed by atoms with van der Waals surface area (Å²) in [5.41, 5.74) is 0.457. The Morgan fingerprint density at radius 3 is 2.70 bits per heavy atom. The Kier molecular flexibility index (Phi) is 6.61. The summed E-state index contributed by atoms with van der Waals surface area (Å²) in [7, 11) is 0. The van der Waals surface area contributed by atoms with Crippen LogP contribution in [-0.2, 0) is 0 Å². The van der Waals surface area contributed by atoms with Crippen LogP contribution in [-0.4, -0.2) is 11.6 Å². The van der Waals surface area contributed by atoms with Crippen molar-refractivity contribution in [1.82, 2.24) is 5.32 Å². The number of unbranched alkanes of at least 4 members (excludes halogenated alkanes) is 3. The minimum Gasteiger partial charge on any atom is -0.308 e. The minimum absolute atomic E-state index is 0.457. The Hall–Kier alpha value is -0.300. The Bertz CT molecular complexity index is 296. The van der Waals surface area contributed by atoms with Gasteiger partial charge >= 0.3 is 0 Å². The Morgan fingerprint density at radius 2 is 1.90 bits per heavy atom. The smallest absolute Gasteiger partial charge is 0.0249 e. The largest absolute Gasteiger partial charge is 0.308 e. The lowest BCUT2D eigenvalue weighted by molar-refractivity contribution is 0.125. The van der Waals surface area contributed by atoms with Gasteiger partial charge in [0.25, 0.3) is 0 Å². The number of nitrogens with one attached hydrogen (secondary N) is 1. The van der Waals surface area contributed by atoms with Crippen LogP contribution >= 0.6 is 0 Å². The topological polar surface area (TPSA) is 12.0 Å². The molecule has 1 spiro atoms. The van der Waals surface area contributed by atoms with E-state index in [1.165, 1.54) is 77.0 Å². The molecule has 1 aliphatic carbocycles. The molecule has 0 unspecified atom stereocenters. The van der Waals surface area contributed by atoms with Crippen molar-refractivity contribution in [3.63, 3.8) is 0 Å². The molecule has 1 heteroatoms. The molecule has 0 bridgehead atoms. The van der Waals surface area contributed by atoms with Crippen LogP contribution < -0.4 is 5.32 Å². The van der Waals surface area contributed by atoms with Crippen molar-refractivity contribution in [2.24, 2.45) is 5.92 Å². The summed E-state index contributed by atoms with van der Waals surface area (Å²) < 4.78 is 0. The van der Waals surface area contributed by atoms with Gasteiger partial charge in [0.15, 0.2) is 0 Å². The standard InChI is InChI=1S/C19H35N/c1-3-5-7-13-18-14-10-16-19(20-18)15-9-8-12-17(19)11-6-4-2/h8,12,17-18,20H,3-7,9-11,13-16H2,1-2H3/t17-,18-,19+/m1/s1. The van der Waals surface area contributed by atoms with Crippen LogP contribution in [0, 0.1) is 5.92 Å². The van der Waals surface area contributed by atoms with Crippen molar-refractivity contribution in [1.29, 1.82) is 0 Å². The predicted molar refractivity (Wildman–Crippen MR) is 89.0 cm³/mol. The average Bonchev–Trinajstić information content (AvgIpc) is 2.47. The number of rotatable bonds is 7. The molecule has 0 radical (unpaired) electrons. The van der Waals surface area contributed by atoms with Gasteiger partial charge in [-0.15, -0.1) is 0 Å². The minimum atomic E-state index is 0.457. The first kappa shape index (κ1) is 16.1. The van der Waals surface area contributed by atoms with Gasteiger partial charge < -0.3 is 5.32 Å². The van der Waals surface area contributed by atoms with E-state index in [-0.39, 0.29) is 0 Å². The third-order valence-electron chi connectivity index (χ3n) is 5.53. The molecule has 0 amide bonds. The highest BCUT2D eigenvalue weighted by atomic mass is 15.0. The van der Waals surface area contributed by atoms with Crippen molar-refractivity contribution < 1.29 is 0 Å². The highest BCUT2D eigenvalue weighted by molar-refractivity contribution is 5.11. The molecule has 1 nitrogen and oxygen atoms in total. The first-order chi connectivity index (χ1) is 9.80. The fraction of sp³-hybridized carbons (Fsp3) is 0.895. The van der Waals surface area contributed by atoms with Crippen LogP contribution in [0.5, 0.6) is 0 Å². The Labute approximate surface area is 126 Å². The van der Waals surface area contributed by atoms with Crippen molar-refractivity contribution in [2.45, 2.75) is 102 Å². The molecule has 3 atom stereocenters. The van der Waals surface area contributed by atoms with Gasteiger partial charge in [0.05, 0.1) is 0 Å². The van der Waals surface area contributed by atoms with E-state index in [2.05, 4.69) is 31.3 Å². The molecule has 1 N–H and O–H groups in total. The maximum atomic E-state index is 4.14. The lowest BCUT2D eigenvalue weighted by atomic mass is 9.68. The van der Waals surface area contributed by atoms with Gasteiger partial charge in [0, 0.05) is 11.6 Å². The second-order valence-electron chi connectivity index (χ2n) is 7.10. The van der Waals surface area contributed by atoms with Gasteiger partial charge in [-0.2, -0.15) is 0 Å². The first-order valence-corrected chi connectivity index (χ1v) is 9.25. The van der Waals surface area contributed by atoms with Gasteiger partial charge in [0.1, 0.15) is 0 Å². The normalized spacial score (nSPS) is 33.7. The van der Waals surface area contributed by atoms with Gasteiger partial charge in [-0.1, -0.05) is 64.5 Å². The van der Waals surface area contributed by atoms with Gasteiger partial charge in [-0.05, 0) is 44.4 Å². The molecule has 1 fully saturated rings. The molecule has 0 aromatic carbocycles. The summed E-state index contributed by atoms with van der Waals surface area (Å²) in [6.07, 6.45) is 21.6. The quantitative estimate of drug-likeness (QED) is 0.471. The molecule has 116 valence electrons. The fourth-order valence-corrected chi connectivity index (χ4v) is 4.33. The summed E-state index contributed by atoms with van der Waals surface area (Å²) in [4.78, 5) is 0. The maximum Gasteiger partial charge on any atom is 0.0249 e. The molecule has 1 heterocycles. The van der Waals surface area contributed by atoms with E-state index in [1.54, 1.807) is 0 Å². The average molecular weight is 277 g/mol. The summed E-state index contributed by atoms with van der Waals surface area (Å²) in [5, 5.41) is 4.14. The molecular formula is C19H35N. The molecular weight excluding hydrogens is 242 g/mol. The molecule has 0 aromatic rings. The van der Waals surface area contributed by atoms with Crippen molar-refractivity contribution in [3.8, 4) is 0 Å². The second kappa shape index (κ2) is 8.22. The van der Waals surface area contributed by atoms with E-state index in [1.807, 2.05) is 0 Å². The van der Waals surface area contributed by atoms with E-state index >= 15 is 0 Å². The van der Waals surface area contributed by atoms with Gasteiger partial charge in [0.2, 0.25) is 0 Å². The fourth-order valence-electron chi connectivity index (χ4n) is 4.33. The molecule has 0 saturated carbocycles. The molecule has 20 heavy (non-hydrogen) atoms. The molecule has 2 aliphatic rings. The monoisotopic (exact) mass is 277 g/mol. The summed E-state index contributed by atoms with van der Waals surface area (Å²) in [6, 6.07) is 0.797. The van der Waals surface area contributed by atoms with Gasteiger partial charge in [-0.25, -0.2) is 0 Å². The van der Waals surface area contributed by atoms with Crippen molar-refractivity contribution in [3.05, 3.63) is 12.2 Å². The van der Waals surface area contributed by atoms with E-state index in [0.29, 0.717) is 5.54 Å². The lowest BCUT2D eigenvalue weighted by Gasteiger charge is -2.48. The number of hydrogen-bond donors (Lipinski definition) is 1. The van der Waals surface area contributed by atoms with E-state index in [4.69, 9.17) is 0 Å². The van der Waals surface area contributed by atoms with E-state index < -0.39 is 0 Å². The summed E-state index contributed by atoms with van der Waals surface area (Å²) in [5.74, 6) is 0.796. The van der Waals surface area contributed by atoms with Gasteiger partial charge in [-0.3, -0.25) is 0 Å². The van der Waals surface area contributed by atoms with E-state index in [9.17, 15) is 0 Å². The highest BCUT2D eigenvalue weighted by Gasteiger charge is 2.41. The number of hydrogen-bond acceptors (Lipinski definition) is 1. The molecule has 1 aliphatic heterocycles. The van der Waals surface area contributed by atoms with E-state index in [0.717, 1.165) is 12.0 Å². The van der Waals surface area contributed by atoms with Crippen molar-refractivity contribution >= 4 is 0 Å². The Morgan fingerprint density at radius 1 is 1.05 bits per heavy atom. The SMILES string of the molecule is CCCCC[C@@H]1CCC[C@]2(CCC=C[C@H]2CCCC)N1. The lowest BCUT2D eigenvalue weighted by Crippen LogP contribution is -2.58. The zero-order valence-corrected chi connectivity index (χ0v) is 13.8. The van der Waals surface area contributed by atoms with Crippen LogP contribution in [0.1, 0.15) is 90.9 Å². The second-order valence-corrected chi connectivity index (χ2v) is 7.10. The van der Waals surface area contributed by atoms with Crippen LogP contribution in [0.4, 0.5) is 0 Å². The van der Waals surface area contributed by atoms with Crippen LogP contribution in [0.2, 0.25) is 0 Å². The molecule has 2 rings (SSSR count). The Balaban J connectivity index is 1.94. The number of allylic oxidation sites excluding steroid dienone is 1. The zero-order valence-electron chi connectivity index (χ0n) is 13.8. The third-order valence-corrected chi connectivity index (χ3v) is 5.53. The summed E-state index contributed by atoms with van der Waals surface area (Å²) in [6.45, 7) is 4.63. The summed E-state index contributed by atoms with van der Waals surface area (Å²) >= 11 is 0. The number of piperidine rings is 1. The molecule has 0 aromatic heterocycles. The van der Waals surface area contributed by atoms with Crippen LogP contribution in [0.3, 0.4) is 0 Å². The van der Waals surface area contributed by atoms with Crippen molar-refractivity contribution in [2.75, 3.05) is 0 Å². The first-order valence-electron chi connectivity index (χ1n) is 9.25. The zero-order chi connectivity index (χ0) is 14.3. The predicted octanol–water partition coefficient (Wildman–Crippen LogP) is 5.60. The maximum absolute atomic E-state index is 4.14. The van der Waals surface area contributed by atoms with Crippen LogP contribution in [0.25, 0.3) is 0 Å². The van der Waals surface area contributed by atoms with Crippen LogP contribution in [0.15, 0.2) is 12.2 Å². The third kappa shape index (κ3) is 4.10. The highest BCUT2D eigenvalue weighted by Crippen LogP contribution is 2.40. The molecule has 1 saturated heterocycles.